The Balaban J connectivity index is 2.44. The van der Waals surface area contributed by atoms with Gasteiger partial charge in [0.2, 0.25) is 5.91 Å². The molecule has 0 spiro atoms. The lowest BCUT2D eigenvalue weighted by molar-refractivity contribution is -0.139. The summed E-state index contributed by atoms with van der Waals surface area (Å²) < 4.78 is 17.9. The zero-order valence-electron chi connectivity index (χ0n) is 12.3. The molecule has 0 radical (unpaired) electrons. The van der Waals surface area contributed by atoms with Crippen molar-refractivity contribution in [2.75, 3.05) is 24.7 Å². The molecule has 1 amide bonds. The Bertz CT molecular complexity index is 482. The van der Waals surface area contributed by atoms with Gasteiger partial charge in [-0.05, 0) is 31.5 Å². The number of nitrogens with zero attached hydrogens (tertiary/aromatic N) is 1. The van der Waals surface area contributed by atoms with Crippen molar-refractivity contribution in [1.82, 2.24) is 4.90 Å². The molecule has 0 atom stereocenters. The van der Waals surface area contributed by atoms with Crippen molar-refractivity contribution in [1.29, 1.82) is 0 Å². The largest absolute Gasteiger partial charge is 0.465 e. The van der Waals surface area contributed by atoms with Crippen molar-refractivity contribution in [2.24, 2.45) is 0 Å². The maximum atomic E-state index is 13.1. The van der Waals surface area contributed by atoms with Crippen molar-refractivity contribution >= 4 is 23.6 Å². The number of esters is 1. The van der Waals surface area contributed by atoms with E-state index in [9.17, 15) is 14.0 Å². The van der Waals surface area contributed by atoms with E-state index in [0.717, 1.165) is 5.56 Å². The van der Waals surface area contributed by atoms with Gasteiger partial charge in [0.1, 0.15) is 5.82 Å². The third kappa shape index (κ3) is 6.62. The van der Waals surface area contributed by atoms with Crippen LogP contribution < -0.4 is 0 Å². The highest BCUT2D eigenvalue weighted by Crippen LogP contribution is 2.10. The third-order valence-corrected chi connectivity index (χ3v) is 3.64. The summed E-state index contributed by atoms with van der Waals surface area (Å²) in [6.45, 7) is 4.86. The van der Waals surface area contributed by atoms with Crippen molar-refractivity contribution < 1.29 is 18.7 Å². The number of thioether (sulfide) groups is 1. The quantitative estimate of drug-likeness (QED) is 0.692. The molecule has 0 saturated carbocycles. The zero-order valence-corrected chi connectivity index (χ0v) is 13.1. The molecule has 0 bridgehead atoms. The number of halogens is 1. The van der Waals surface area contributed by atoms with Gasteiger partial charge in [0, 0.05) is 13.1 Å². The minimum absolute atomic E-state index is 0.0731. The SMILES string of the molecule is CCOC(=O)CSCC(=O)N(CC)Cc1cccc(F)c1. The fraction of sp³-hybridized carbons (Fsp3) is 0.467. The molecule has 0 aliphatic carbocycles. The summed E-state index contributed by atoms with van der Waals surface area (Å²) in [6.07, 6.45) is 0. The van der Waals surface area contributed by atoms with Gasteiger partial charge in [0.25, 0.3) is 0 Å². The number of carbonyl (C=O) groups excluding carboxylic acids is 2. The van der Waals surface area contributed by atoms with E-state index in [0.29, 0.717) is 19.7 Å². The van der Waals surface area contributed by atoms with E-state index in [4.69, 9.17) is 4.74 Å². The standard InChI is InChI=1S/C15H20FNO3S/c1-3-17(9-12-6-5-7-13(16)8-12)14(18)10-21-11-15(19)20-4-2/h5-8H,3-4,9-11H2,1-2H3. The average Bonchev–Trinajstić information content (AvgIpc) is 2.45. The van der Waals surface area contributed by atoms with Crippen molar-refractivity contribution in [3.63, 3.8) is 0 Å². The molecule has 0 fully saturated rings. The molecule has 6 heteroatoms. The second-order valence-electron chi connectivity index (χ2n) is 4.34. The Labute approximate surface area is 128 Å². The normalized spacial score (nSPS) is 10.2. The van der Waals surface area contributed by atoms with Gasteiger partial charge in [-0.2, -0.15) is 0 Å². The van der Waals surface area contributed by atoms with Crippen LogP contribution in [0.5, 0.6) is 0 Å². The second-order valence-corrected chi connectivity index (χ2v) is 5.32. The Hall–Kier alpha value is -1.56. The lowest BCUT2D eigenvalue weighted by Gasteiger charge is -2.20. The fourth-order valence-electron chi connectivity index (χ4n) is 1.75. The van der Waals surface area contributed by atoms with E-state index in [1.807, 2.05) is 6.92 Å². The predicted octanol–water partition coefficient (Wildman–Crippen LogP) is 2.47. The summed E-state index contributed by atoms with van der Waals surface area (Å²) in [4.78, 5) is 24.9. The van der Waals surface area contributed by atoms with Gasteiger partial charge in [-0.1, -0.05) is 12.1 Å². The summed E-state index contributed by atoms with van der Waals surface area (Å²) in [5.41, 5.74) is 0.751. The molecule has 4 nitrogen and oxygen atoms in total. The average molecular weight is 313 g/mol. The molecule has 21 heavy (non-hydrogen) atoms. The predicted molar refractivity (Wildman–Crippen MR) is 81.4 cm³/mol. The van der Waals surface area contributed by atoms with Crippen LogP contribution in [0.3, 0.4) is 0 Å². The molecule has 0 aromatic heterocycles. The first-order valence-electron chi connectivity index (χ1n) is 6.82. The third-order valence-electron chi connectivity index (χ3n) is 2.75. The Morgan fingerprint density at radius 2 is 2.05 bits per heavy atom. The molecule has 0 unspecified atom stereocenters. The van der Waals surface area contributed by atoms with Gasteiger partial charge in [-0.15, -0.1) is 11.8 Å². The highest BCUT2D eigenvalue weighted by Gasteiger charge is 2.13. The lowest BCUT2D eigenvalue weighted by Crippen LogP contribution is -2.32. The van der Waals surface area contributed by atoms with E-state index in [2.05, 4.69) is 0 Å². The smallest absolute Gasteiger partial charge is 0.315 e. The first-order chi connectivity index (χ1) is 10.1. The van der Waals surface area contributed by atoms with Crippen LogP contribution in [0.2, 0.25) is 0 Å². The zero-order chi connectivity index (χ0) is 15.7. The van der Waals surface area contributed by atoms with Gasteiger partial charge in [-0.25, -0.2) is 4.39 Å². The molecule has 1 aromatic rings. The fourth-order valence-corrected chi connectivity index (χ4v) is 2.46. The van der Waals surface area contributed by atoms with Crippen LogP contribution in [0.1, 0.15) is 19.4 Å². The number of ether oxygens (including phenoxy) is 1. The topological polar surface area (TPSA) is 46.6 Å². The highest BCUT2D eigenvalue weighted by molar-refractivity contribution is 8.00. The van der Waals surface area contributed by atoms with Crippen LogP contribution in [0, 0.1) is 5.82 Å². The van der Waals surface area contributed by atoms with Crippen LogP contribution in [-0.4, -0.2) is 41.4 Å². The van der Waals surface area contributed by atoms with Crippen molar-refractivity contribution in [2.45, 2.75) is 20.4 Å². The highest BCUT2D eigenvalue weighted by atomic mass is 32.2. The maximum absolute atomic E-state index is 13.1. The van der Waals surface area contributed by atoms with Gasteiger partial charge in [0.05, 0.1) is 18.1 Å². The molecule has 1 rings (SSSR count). The molecule has 116 valence electrons. The molecule has 0 heterocycles. The van der Waals surface area contributed by atoms with E-state index >= 15 is 0 Å². The number of rotatable bonds is 8. The van der Waals surface area contributed by atoms with E-state index < -0.39 is 0 Å². The maximum Gasteiger partial charge on any atom is 0.315 e. The van der Waals surface area contributed by atoms with Crippen LogP contribution in [0.15, 0.2) is 24.3 Å². The van der Waals surface area contributed by atoms with Gasteiger partial charge in [0.15, 0.2) is 0 Å². The van der Waals surface area contributed by atoms with Crippen molar-refractivity contribution in [3.05, 3.63) is 35.6 Å². The Morgan fingerprint density at radius 3 is 2.67 bits per heavy atom. The van der Waals surface area contributed by atoms with Crippen LogP contribution >= 0.6 is 11.8 Å². The number of carbonyl (C=O) groups is 2. The first kappa shape index (κ1) is 17.5. The van der Waals surface area contributed by atoms with Gasteiger partial charge >= 0.3 is 5.97 Å². The molecule has 0 N–H and O–H groups in total. The lowest BCUT2D eigenvalue weighted by atomic mass is 10.2. The molecule has 1 aromatic carbocycles. The summed E-state index contributed by atoms with van der Waals surface area (Å²) >= 11 is 1.23. The first-order valence-corrected chi connectivity index (χ1v) is 7.97. The van der Waals surface area contributed by atoms with Crippen LogP contribution in [0.25, 0.3) is 0 Å². The molecule has 0 aliphatic heterocycles. The number of benzene rings is 1. The van der Waals surface area contributed by atoms with Crippen LogP contribution in [-0.2, 0) is 20.9 Å². The number of hydrogen-bond donors (Lipinski definition) is 0. The summed E-state index contributed by atoms with van der Waals surface area (Å²) in [6, 6.07) is 6.20. The Kier molecular flexibility index (Phi) is 7.82. The monoisotopic (exact) mass is 313 g/mol. The molecular weight excluding hydrogens is 293 g/mol. The molecular formula is C15H20FNO3S. The van der Waals surface area contributed by atoms with Gasteiger partial charge < -0.3 is 9.64 Å². The Morgan fingerprint density at radius 1 is 1.29 bits per heavy atom. The second kappa shape index (κ2) is 9.39. The van der Waals surface area contributed by atoms with E-state index in [-0.39, 0.29) is 29.2 Å². The molecule has 0 saturated heterocycles. The minimum atomic E-state index is -0.316. The summed E-state index contributed by atoms with van der Waals surface area (Å²) in [5, 5.41) is 0. The minimum Gasteiger partial charge on any atom is -0.465 e. The van der Waals surface area contributed by atoms with Crippen LogP contribution in [0.4, 0.5) is 4.39 Å². The summed E-state index contributed by atoms with van der Waals surface area (Å²) in [7, 11) is 0. The van der Waals surface area contributed by atoms with Gasteiger partial charge in [-0.3, -0.25) is 9.59 Å². The summed E-state index contributed by atoms with van der Waals surface area (Å²) in [5.74, 6) is -0.328. The van der Waals surface area contributed by atoms with Crippen molar-refractivity contribution in [3.8, 4) is 0 Å². The molecule has 0 aliphatic rings. The van der Waals surface area contributed by atoms with E-state index in [1.54, 1.807) is 24.0 Å². The number of hydrogen-bond acceptors (Lipinski definition) is 4. The van der Waals surface area contributed by atoms with E-state index in [1.165, 1.54) is 23.9 Å². The number of amides is 1.